The fourth-order valence-electron chi connectivity index (χ4n) is 3.42. The zero-order valence-corrected chi connectivity index (χ0v) is 17.6. The maximum Gasteiger partial charge on any atom is 0.251 e. The van der Waals surface area contributed by atoms with E-state index in [1.54, 1.807) is 10.6 Å². The Bertz CT molecular complexity index is 1040. The number of benzene rings is 1. The van der Waals surface area contributed by atoms with Crippen molar-refractivity contribution in [3.8, 4) is 0 Å². The van der Waals surface area contributed by atoms with E-state index >= 15 is 0 Å². The summed E-state index contributed by atoms with van der Waals surface area (Å²) in [5.41, 5.74) is 2.34. The van der Waals surface area contributed by atoms with Crippen LogP contribution in [0.15, 0.2) is 42.7 Å². The SMILES string of the molecule is CNC(=O)[C@H]1O[C@@H](c2ccc3c(NCc4cccc(I)c4)ncnn23)[C@H](O)[C@@H]1O. The third-order valence-electron chi connectivity index (χ3n) is 4.89. The van der Waals surface area contributed by atoms with Crippen LogP contribution in [0.2, 0.25) is 0 Å². The van der Waals surface area contributed by atoms with E-state index in [0.717, 1.165) is 9.13 Å². The smallest absolute Gasteiger partial charge is 0.251 e. The molecule has 0 radical (unpaired) electrons. The van der Waals surface area contributed by atoms with Crippen molar-refractivity contribution in [2.24, 2.45) is 0 Å². The molecule has 0 bridgehead atoms. The van der Waals surface area contributed by atoms with Crippen LogP contribution < -0.4 is 10.6 Å². The number of nitrogens with one attached hydrogen (secondary N) is 2. The Morgan fingerprint density at radius 2 is 2.10 bits per heavy atom. The topological polar surface area (TPSA) is 121 Å². The lowest BCUT2D eigenvalue weighted by Crippen LogP contribution is -2.41. The molecule has 1 aliphatic rings. The van der Waals surface area contributed by atoms with Crippen LogP contribution in [0.25, 0.3) is 5.52 Å². The van der Waals surface area contributed by atoms with E-state index < -0.39 is 30.3 Å². The van der Waals surface area contributed by atoms with E-state index in [1.807, 2.05) is 24.3 Å². The number of amides is 1. The van der Waals surface area contributed by atoms with Crippen LogP contribution in [0.3, 0.4) is 0 Å². The molecular weight excluding hydrogens is 489 g/mol. The summed E-state index contributed by atoms with van der Waals surface area (Å²) >= 11 is 2.27. The molecule has 0 unspecified atom stereocenters. The molecule has 152 valence electrons. The predicted octanol–water partition coefficient (Wildman–Crippen LogP) is 0.854. The number of ether oxygens (including phenoxy) is 1. The first kappa shape index (κ1) is 20.0. The Morgan fingerprint density at radius 1 is 1.28 bits per heavy atom. The van der Waals surface area contributed by atoms with Crippen LogP contribution in [-0.4, -0.2) is 56.1 Å². The molecule has 1 fully saturated rings. The number of rotatable bonds is 5. The lowest BCUT2D eigenvalue weighted by atomic mass is 10.1. The molecule has 9 nitrogen and oxygen atoms in total. The summed E-state index contributed by atoms with van der Waals surface area (Å²) in [6.07, 6.45) is -3.22. The van der Waals surface area contributed by atoms with E-state index in [1.165, 1.54) is 13.4 Å². The van der Waals surface area contributed by atoms with Crippen LogP contribution in [0.4, 0.5) is 5.82 Å². The molecule has 10 heteroatoms. The number of aliphatic hydroxyl groups is 2. The van der Waals surface area contributed by atoms with Gasteiger partial charge in [0.1, 0.15) is 30.2 Å². The molecule has 3 heterocycles. The van der Waals surface area contributed by atoms with E-state index in [-0.39, 0.29) is 0 Å². The van der Waals surface area contributed by atoms with Crippen LogP contribution in [0.5, 0.6) is 0 Å². The summed E-state index contributed by atoms with van der Waals surface area (Å²) in [5.74, 6) is 0.135. The minimum atomic E-state index is -1.33. The van der Waals surface area contributed by atoms with E-state index in [0.29, 0.717) is 23.6 Å². The lowest BCUT2D eigenvalue weighted by Gasteiger charge is -2.15. The number of halogens is 1. The fourth-order valence-corrected chi connectivity index (χ4v) is 4.03. The van der Waals surface area contributed by atoms with E-state index in [2.05, 4.69) is 49.4 Å². The van der Waals surface area contributed by atoms with Crippen LogP contribution in [-0.2, 0) is 16.1 Å². The Morgan fingerprint density at radius 3 is 2.86 bits per heavy atom. The number of likely N-dealkylation sites (N-methyl/N-ethyl adjacent to an activating group) is 1. The van der Waals surface area contributed by atoms with Crippen molar-refractivity contribution in [2.75, 3.05) is 12.4 Å². The highest BCUT2D eigenvalue weighted by atomic mass is 127. The van der Waals surface area contributed by atoms with Gasteiger partial charge in [0.05, 0.1) is 5.69 Å². The summed E-state index contributed by atoms with van der Waals surface area (Å²) < 4.78 is 8.40. The minimum absolute atomic E-state index is 0.491. The van der Waals surface area contributed by atoms with Gasteiger partial charge in [-0.25, -0.2) is 9.50 Å². The largest absolute Gasteiger partial charge is 0.387 e. The van der Waals surface area contributed by atoms with Crippen LogP contribution >= 0.6 is 22.6 Å². The Hall–Kier alpha value is -2.28. The first-order chi connectivity index (χ1) is 14.0. The second kappa shape index (κ2) is 8.22. The van der Waals surface area contributed by atoms with Gasteiger partial charge in [0.2, 0.25) is 0 Å². The molecule has 4 N–H and O–H groups in total. The molecule has 1 amide bonds. The molecule has 1 aliphatic heterocycles. The van der Waals surface area contributed by atoms with Crippen LogP contribution in [0.1, 0.15) is 17.4 Å². The number of fused-ring (bicyclic) bond motifs is 1. The number of nitrogens with zero attached hydrogens (tertiary/aromatic N) is 3. The molecule has 3 aromatic rings. The van der Waals surface area contributed by atoms with Gasteiger partial charge in [-0.2, -0.15) is 5.10 Å². The number of carbonyl (C=O) groups excluding carboxylic acids is 1. The van der Waals surface area contributed by atoms with Crippen molar-refractivity contribution in [1.82, 2.24) is 19.9 Å². The summed E-state index contributed by atoms with van der Waals surface area (Å²) in [4.78, 5) is 16.2. The van der Waals surface area contributed by atoms with Crippen molar-refractivity contribution < 1.29 is 19.7 Å². The molecule has 1 aromatic carbocycles. The van der Waals surface area contributed by atoms with Crippen molar-refractivity contribution >= 4 is 39.8 Å². The average molecular weight is 509 g/mol. The van der Waals surface area contributed by atoms with Crippen molar-refractivity contribution in [3.63, 3.8) is 0 Å². The monoisotopic (exact) mass is 509 g/mol. The molecular formula is C19H20IN5O4. The number of aliphatic hydroxyl groups excluding tert-OH is 2. The highest BCUT2D eigenvalue weighted by molar-refractivity contribution is 14.1. The Balaban J connectivity index is 1.60. The molecule has 0 aliphatic carbocycles. The standard InChI is InChI=1S/C19H20IN5O4/c1-21-19(28)17-15(27)14(26)16(29-17)12-5-6-13-18(23-9-24-25(12)13)22-8-10-3-2-4-11(20)7-10/h2-7,9,14-17,26-27H,8H2,1H3,(H,21,28)(H,22,23,24)/t14-,15+,16+,17+/m1/s1. The first-order valence-corrected chi connectivity index (χ1v) is 10.1. The number of hydrogen-bond acceptors (Lipinski definition) is 7. The third-order valence-corrected chi connectivity index (χ3v) is 5.56. The normalized spacial score (nSPS) is 24.0. The quantitative estimate of drug-likeness (QED) is 0.377. The zero-order valence-electron chi connectivity index (χ0n) is 15.5. The molecule has 4 rings (SSSR count). The van der Waals surface area contributed by atoms with Gasteiger partial charge in [-0.05, 0) is 52.4 Å². The second-order valence-electron chi connectivity index (χ2n) is 6.72. The zero-order chi connectivity index (χ0) is 20.5. The Labute approximate surface area is 180 Å². The number of carbonyl (C=O) groups is 1. The Kier molecular flexibility index (Phi) is 5.67. The highest BCUT2D eigenvalue weighted by Crippen LogP contribution is 2.35. The van der Waals surface area contributed by atoms with Gasteiger partial charge in [-0.1, -0.05) is 12.1 Å². The maximum atomic E-state index is 11.9. The van der Waals surface area contributed by atoms with Gasteiger partial charge < -0.3 is 25.6 Å². The van der Waals surface area contributed by atoms with Crippen molar-refractivity contribution in [2.45, 2.75) is 31.0 Å². The molecule has 4 atom stereocenters. The average Bonchev–Trinajstić information content (AvgIpc) is 3.28. The summed E-state index contributed by atoms with van der Waals surface area (Å²) in [6.45, 7) is 0.587. The maximum absolute atomic E-state index is 11.9. The van der Waals surface area contributed by atoms with E-state index in [9.17, 15) is 15.0 Å². The molecule has 2 aromatic heterocycles. The summed E-state index contributed by atoms with van der Waals surface area (Å²) in [7, 11) is 1.45. The van der Waals surface area contributed by atoms with Crippen molar-refractivity contribution in [3.05, 3.63) is 57.6 Å². The minimum Gasteiger partial charge on any atom is -0.387 e. The fraction of sp³-hybridized carbons (Fsp3) is 0.316. The van der Waals surface area contributed by atoms with Crippen molar-refractivity contribution in [1.29, 1.82) is 0 Å². The predicted molar refractivity (Wildman–Crippen MR) is 113 cm³/mol. The summed E-state index contributed by atoms with van der Waals surface area (Å²) in [6, 6.07) is 11.7. The van der Waals surface area contributed by atoms with Crippen LogP contribution in [0, 0.1) is 3.57 Å². The number of aromatic nitrogens is 3. The lowest BCUT2D eigenvalue weighted by molar-refractivity contribution is -0.135. The van der Waals surface area contributed by atoms with E-state index in [4.69, 9.17) is 4.74 Å². The van der Waals surface area contributed by atoms with Gasteiger partial charge in [0, 0.05) is 17.2 Å². The molecule has 0 saturated carbocycles. The first-order valence-electron chi connectivity index (χ1n) is 9.03. The number of hydrogen-bond donors (Lipinski definition) is 4. The molecule has 0 spiro atoms. The van der Waals surface area contributed by atoms with Gasteiger partial charge in [0.25, 0.3) is 5.91 Å². The number of anilines is 1. The van der Waals surface area contributed by atoms with Gasteiger partial charge in [-0.15, -0.1) is 0 Å². The molecule has 1 saturated heterocycles. The second-order valence-corrected chi connectivity index (χ2v) is 7.97. The van der Waals surface area contributed by atoms with Gasteiger partial charge in [-0.3, -0.25) is 4.79 Å². The summed E-state index contributed by atoms with van der Waals surface area (Å²) in [5, 5.41) is 30.6. The van der Waals surface area contributed by atoms with Gasteiger partial charge in [0.15, 0.2) is 11.9 Å². The van der Waals surface area contributed by atoms with Gasteiger partial charge >= 0.3 is 0 Å². The highest BCUT2D eigenvalue weighted by Gasteiger charge is 2.47. The molecule has 29 heavy (non-hydrogen) atoms. The third kappa shape index (κ3) is 3.80.